The van der Waals surface area contributed by atoms with Gasteiger partial charge in [0.2, 0.25) is 0 Å². The molecular formula is C20H26. The van der Waals surface area contributed by atoms with Crippen molar-refractivity contribution in [2.24, 2.45) is 17.8 Å². The Morgan fingerprint density at radius 2 is 1.65 bits per heavy atom. The molecule has 0 spiro atoms. The summed E-state index contributed by atoms with van der Waals surface area (Å²) < 4.78 is 0. The quantitative estimate of drug-likeness (QED) is 0.636. The second-order valence-corrected chi connectivity index (χ2v) is 6.68. The summed E-state index contributed by atoms with van der Waals surface area (Å²) in [6, 6.07) is 8.92. The minimum absolute atomic E-state index is 0.680. The zero-order valence-electron chi connectivity index (χ0n) is 12.8. The Morgan fingerprint density at radius 3 is 2.30 bits per heavy atom. The fourth-order valence-corrected chi connectivity index (χ4v) is 3.88. The molecule has 106 valence electrons. The van der Waals surface area contributed by atoms with Crippen LogP contribution in [0.15, 0.2) is 42.5 Å². The van der Waals surface area contributed by atoms with Gasteiger partial charge in [-0.05, 0) is 48.7 Å². The molecule has 0 heterocycles. The van der Waals surface area contributed by atoms with Crippen molar-refractivity contribution < 1.29 is 0 Å². The van der Waals surface area contributed by atoms with Gasteiger partial charge in [0.25, 0.3) is 0 Å². The standard InChI is InChI=1S/C20H26/c1-15-8-10-17(11-9-15)19-12-13-20(16(2)14-19)18-6-4-3-5-7-18/h8-14,16,18,20H,3-7H2,1-2H3/t16?,20-/m1/s1. The maximum absolute atomic E-state index is 2.50. The molecule has 0 amide bonds. The molecule has 0 aromatic heterocycles. The Hall–Kier alpha value is -1.30. The Kier molecular flexibility index (Phi) is 4.10. The van der Waals surface area contributed by atoms with Crippen LogP contribution in [0, 0.1) is 24.7 Å². The van der Waals surface area contributed by atoms with Gasteiger partial charge in [0.05, 0.1) is 0 Å². The second kappa shape index (κ2) is 5.99. The average molecular weight is 266 g/mol. The highest BCUT2D eigenvalue weighted by Crippen LogP contribution is 2.39. The summed E-state index contributed by atoms with van der Waals surface area (Å²) in [5, 5.41) is 0. The molecule has 0 N–H and O–H groups in total. The summed E-state index contributed by atoms with van der Waals surface area (Å²) in [6.45, 7) is 4.55. The van der Waals surface area contributed by atoms with E-state index in [0.717, 1.165) is 11.8 Å². The molecule has 1 saturated carbocycles. The van der Waals surface area contributed by atoms with E-state index < -0.39 is 0 Å². The van der Waals surface area contributed by atoms with Gasteiger partial charge >= 0.3 is 0 Å². The van der Waals surface area contributed by atoms with Gasteiger partial charge in [0.1, 0.15) is 0 Å². The molecule has 0 radical (unpaired) electrons. The van der Waals surface area contributed by atoms with E-state index in [9.17, 15) is 0 Å². The normalized spacial score (nSPS) is 27.4. The van der Waals surface area contributed by atoms with Crippen molar-refractivity contribution in [3.05, 3.63) is 53.6 Å². The van der Waals surface area contributed by atoms with Crippen molar-refractivity contribution in [2.75, 3.05) is 0 Å². The van der Waals surface area contributed by atoms with Crippen molar-refractivity contribution >= 4 is 5.57 Å². The highest BCUT2D eigenvalue weighted by atomic mass is 14.3. The van der Waals surface area contributed by atoms with Crippen LogP contribution in [0.4, 0.5) is 0 Å². The predicted octanol–water partition coefficient (Wildman–Crippen LogP) is 5.78. The van der Waals surface area contributed by atoms with E-state index in [1.165, 1.54) is 48.8 Å². The highest BCUT2D eigenvalue weighted by molar-refractivity contribution is 5.75. The second-order valence-electron chi connectivity index (χ2n) is 6.68. The smallest absolute Gasteiger partial charge is 0.0141 e. The van der Waals surface area contributed by atoms with E-state index in [4.69, 9.17) is 0 Å². The number of hydrogen-bond donors (Lipinski definition) is 0. The maximum Gasteiger partial charge on any atom is -0.0141 e. The predicted molar refractivity (Wildman–Crippen MR) is 87.5 cm³/mol. The summed E-state index contributed by atoms with van der Waals surface area (Å²) in [5.41, 5.74) is 4.10. The van der Waals surface area contributed by atoms with Crippen LogP contribution in [-0.4, -0.2) is 0 Å². The molecule has 1 unspecified atom stereocenters. The van der Waals surface area contributed by atoms with E-state index >= 15 is 0 Å². The Bertz CT molecular complexity index is 497. The zero-order chi connectivity index (χ0) is 13.9. The molecule has 2 aliphatic rings. The average Bonchev–Trinajstić information content (AvgIpc) is 2.49. The third kappa shape index (κ3) is 2.90. The maximum atomic E-state index is 2.50. The summed E-state index contributed by atoms with van der Waals surface area (Å²) >= 11 is 0. The minimum Gasteiger partial charge on any atom is -0.0800 e. The fraction of sp³-hybridized carbons (Fsp3) is 0.500. The topological polar surface area (TPSA) is 0 Å². The lowest BCUT2D eigenvalue weighted by Gasteiger charge is -2.33. The molecule has 3 rings (SSSR count). The van der Waals surface area contributed by atoms with E-state index in [1.54, 1.807) is 0 Å². The lowest BCUT2D eigenvalue weighted by Crippen LogP contribution is -2.23. The summed E-state index contributed by atoms with van der Waals surface area (Å²) in [4.78, 5) is 0. The molecule has 0 heteroatoms. The molecule has 1 aromatic carbocycles. The van der Waals surface area contributed by atoms with Crippen LogP contribution in [0.25, 0.3) is 5.57 Å². The molecule has 0 aliphatic heterocycles. The van der Waals surface area contributed by atoms with Crippen LogP contribution in [0.2, 0.25) is 0 Å². The van der Waals surface area contributed by atoms with Gasteiger partial charge in [0.15, 0.2) is 0 Å². The third-order valence-corrected chi connectivity index (χ3v) is 5.13. The first kappa shape index (κ1) is 13.7. The van der Waals surface area contributed by atoms with Crippen molar-refractivity contribution in [3.63, 3.8) is 0 Å². The summed E-state index contributed by atoms with van der Waals surface area (Å²) in [6.07, 6.45) is 14.6. The fourth-order valence-electron chi connectivity index (χ4n) is 3.88. The van der Waals surface area contributed by atoms with Crippen LogP contribution in [0.1, 0.15) is 50.2 Å². The largest absolute Gasteiger partial charge is 0.0800 e. The molecule has 0 nitrogen and oxygen atoms in total. The molecule has 2 atom stereocenters. The van der Waals surface area contributed by atoms with Gasteiger partial charge in [-0.15, -0.1) is 0 Å². The van der Waals surface area contributed by atoms with Crippen LogP contribution < -0.4 is 0 Å². The minimum atomic E-state index is 0.680. The zero-order valence-corrected chi connectivity index (χ0v) is 12.8. The molecule has 1 fully saturated rings. The van der Waals surface area contributed by atoms with Crippen LogP contribution in [0.3, 0.4) is 0 Å². The number of allylic oxidation sites excluding steroid dienone is 4. The van der Waals surface area contributed by atoms with Gasteiger partial charge in [0, 0.05) is 0 Å². The SMILES string of the molecule is Cc1ccc(C2=CC(C)[C@H](C3CCCCC3)C=C2)cc1. The van der Waals surface area contributed by atoms with E-state index in [1.807, 2.05) is 0 Å². The Morgan fingerprint density at radius 1 is 0.950 bits per heavy atom. The lowest BCUT2D eigenvalue weighted by molar-refractivity contribution is 0.250. The monoisotopic (exact) mass is 266 g/mol. The first-order chi connectivity index (χ1) is 9.74. The van der Waals surface area contributed by atoms with E-state index in [0.29, 0.717) is 5.92 Å². The van der Waals surface area contributed by atoms with Gasteiger partial charge < -0.3 is 0 Å². The summed E-state index contributed by atoms with van der Waals surface area (Å²) in [5.74, 6) is 2.37. The first-order valence-corrected chi connectivity index (χ1v) is 8.21. The molecule has 1 aromatic rings. The molecule has 2 aliphatic carbocycles. The molecular weight excluding hydrogens is 240 g/mol. The van der Waals surface area contributed by atoms with Crippen molar-refractivity contribution in [3.8, 4) is 0 Å². The molecule has 20 heavy (non-hydrogen) atoms. The molecule has 0 bridgehead atoms. The van der Waals surface area contributed by atoms with Crippen molar-refractivity contribution in [2.45, 2.75) is 46.0 Å². The van der Waals surface area contributed by atoms with Gasteiger partial charge in [-0.3, -0.25) is 0 Å². The van der Waals surface area contributed by atoms with Crippen molar-refractivity contribution in [1.82, 2.24) is 0 Å². The Labute approximate surface area is 123 Å². The summed E-state index contributed by atoms with van der Waals surface area (Å²) in [7, 11) is 0. The van der Waals surface area contributed by atoms with Gasteiger partial charge in [-0.1, -0.05) is 74.2 Å². The number of aryl methyl sites for hydroxylation is 1. The van der Waals surface area contributed by atoms with E-state index in [2.05, 4.69) is 56.3 Å². The van der Waals surface area contributed by atoms with Crippen LogP contribution >= 0.6 is 0 Å². The number of rotatable bonds is 2. The van der Waals surface area contributed by atoms with Gasteiger partial charge in [-0.2, -0.15) is 0 Å². The van der Waals surface area contributed by atoms with E-state index in [-0.39, 0.29) is 0 Å². The first-order valence-electron chi connectivity index (χ1n) is 8.21. The highest BCUT2D eigenvalue weighted by Gasteiger charge is 2.27. The van der Waals surface area contributed by atoms with Gasteiger partial charge in [-0.25, -0.2) is 0 Å². The van der Waals surface area contributed by atoms with Crippen LogP contribution in [0.5, 0.6) is 0 Å². The van der Waals surface area contributed by atoms with Crippen LogP contribution in [-0.2, 0) is 0 Å². The lowest BCUT2D eigenvalue weighted by atomic mass is 9.72. The number of benzene rings is 1. The number of hydrogen-bond acceptors (Lipinski definition) is 0. The molecule has 0 saturated heterocycles. The Balaban J connectivity index is 1.74. The van der Waals surface area contributed by atoms with Crippen molar-refractivity contribution in [1.29, 1.82) is 0 Å². The third-order valence-electron chi connectivity index (χ3n) is 5.13.